The maximum absolute atomic E-state index is 13.6. The highest BCUT2D eigenvalue weighted by Crippen LogP contribution is 2.45. The minimum absolute atomic E-state index is 0.147. The van der Waals surface area contributed by atoms with E-state index < -0.39 is 24.2 Å². The molecule has 1 aromatic rings. The number of anilines is 1. The third-order valence-electron chi connectivity index (χ3n) is 7.22. The maximum Gasteiger partial charge on any atom is 0.429 e. The first kappa shape index (κ1) is 32.1. The summed E-state index contributed by atoms with van der Waals surface area (Å²) in [6.07, 6.45) is 7.33. The molecule has 1 amide bonds. The van der Waals surface area contributed by atoms with Crippen molar-refractivity contribution >= 4 is 55.0 Å². The molecule has 37 heavy (non-hydrogen) atoms. The molecule has 6 nitrogen and oxygen atoms in total. The van der Waals surface area contributed by atoms with Crippen molar-refractivity contribution in [3.8, 4) is 0 Å². The van der Waals surface area contributed by atoms with E-state index in [1.54, 1.807) is 11.2 Å². The van der Waals surface area contributed by atoms with Crippen LogP contribution in [0.15, 0.2) is 36.2 Å². The van der Waals surface area contributed by atoms with Gasteiger partial charge in [-0.15, -0.1) is 0 Å². The van der Waals surface area contributed by atoms with E-state index in [1.807, 2.05) is 30.1 Å². The number of unbranched alkanes of at least 4 members (excludes halogenated alkanes) is 2. The molecule has 210 valence electrons. The van der Waals surface area contributed by atoms with Crippen molar-refractivity contribution in [1.82, 2.24) is 9.99 Å². The molecule has 0 saturated carbocycles. The van der Waals surface area contributed by atoms with E-state index in [0.717, 1.165) is 31.4 Å². The van der Waals surface area contributed by atoms with E-state index in [0.29, 0.717) is 22.4 Å². The Hall–Kier alpha value is -1.15. The number of carbonyl (C=O) groups is 1. The van der Waals surface area contributed by atoms with E-state index >= 15 is 0 Å². The topological polar surface area (TPSA) is 54.9 Å². The van der Waals surface area contributed by atoms with Crippen molar-refractivity contribution < 1.29 is 14.0 Å². The van der Waals surface area contributed by atoms with Crippen LogP contribution in [0.25, 0.3) is 0 Å². The quantitative estimate of drug-likeness (QED) is 0.146. The molecule has 0 spiro atoms. The summed E-state index contributed by atoms with van der Waals surface area (Å²) in [6, 6.07) is 5.07. The van der Waals surface area contributed by atoms with Crippen molar-refractivity contribution in [3.63, 3.8) is 0 Å². The van der Waals surface area contributed by atoms with Crippen molar-refractivity contribution in [3.05, 3.63) is 36.2 Å². The van der Waals surface area contributed by atoms with Crippen LogP contribution in [-0.4, -0.2) is 46.9 Å². The number of alkyl halides is 3. The maximum atomic E-state index is 13.6. The van der Waals surface area contributed by atoms with E-state index in [2.05, 4.69) is 59.5 Å². The summed E-state index contributed by atoms with van der Waals surface area (Å²) in [5.41, 5.74) is 1.16. The Kier molecular flexibility index (Phi) is 11.9. The van der Waals surface area contributed by atoms with Crippen LogP contribution in [0.1, 0.15) is 81.1 Å². The predicted molar refractivity (Wildman–Crippen MR) is 158 cm³/mol. The number of hydrogen-bond donors (Lipinski definition) is 0. The fourth-order valence-electron chi connectivity index (χ4n) is 5.58. The fourth-order valence-corrected chi connectivity index (χ4v) is 11.1. The van der Waals surface area contributed by atoms with E-state index in [4.69, 9.17) is 44.0 Å². The fraction of sp³-hybridized carbons (Fsp3) is 0.704. The first-order chi connectivity index (χ1) is 17.3. The average molecular weight is 593 g/mol. The lowest BCUT2D eigenvalue weighted by Gasteiger charge is -2.50. The van der Waals surface area contributed by atoms with Gasteiger partial charge in [-0.2, -0.15) is 0 Å². The Morgan fingerprint density at radius 1 is 1.08 bits per heavy atom. The van der Waals surface area contributed by atoms with Gasteiger partial charge in [0.05, 0.1) is 6.04 Å². The number of carbonyl (C=O) groups excluding carboxylic acids is 1. The van der Waals surface area contributed by atoms with Gasteiger partial charge in [0.15, 0.2) is 0 Å². The number of nitrogens with zero attached hydrogens (tertiary/aromatic N) is 3. The molecule has 0 radical (unpaired) electrons. The first-order valence-corrected chi connectivity index (χ1v) is 16.7. The minimum atomic E-state index is -2.28. The van der Waals surface area contributed by atoms with Gasteiger partial charge in [0.1, 0.15) is 24.2 Å². The van der Waals surface area contributed by atoms with Crippen molar-refractivity contribution in [2.24, 2.45) is 0 Å². The lowest BCUT2D eigenvalue weighted by atomic mass is 10.0. The molecule has 0 fully saturated rings. The Morgan fingerprint density at radius 3 is 2.19 bits per heavy atom. The van der Waals surface area contributed by atoms with Crippen LogP contribution in [0.3, 0.4) is 0 Å². The van der Waals surface area contributed by atoms with Gasteiger partial charge in [-0.25, -0.2) is 14.8 Å². The van der Waals surface area contributed by atoms with Crippen LogP contribution in [-0.2, 0) is 9.16 Å². The average Bonchev–Trinajstić information content (AvgIpc) is 2.81. The summed E-state index contributed by atoms with van der Waals surface area (Å²) in [7, 11) is -2.28. The number of ether oxygens (including phenoxy) is 1. The summed E-state index contributed by atoms with van der Waals surface area (Å²) in [5, 5.41) is 3.50. The highest BCUT2D eigenvalue weighted by atomic mass is 35.6. The number of pyridine rings is 1. The number of amides is 1. The second kappa shape index (κ2) is 13.8. The van der Waals surface area contributed by atoms with Crippen molar-refractivity contribution in [2.75, 3.05) is 11.6 Å². The largest absolute Gasteiger partial charge is 0.544 e. The summed E-state index contributed by atoms with van der Waals surface area (Å²) < 4.78 is 10.9. The first-order valence-electron chi connectivity index (χ1n) is 13.4. The van der Waals surface area contributed by atoms with Gasteiger partial charge in [-0.1, -0.05) is 109 Å². The number of aromatic nitrogens is 1. The van der Waals surface area contributed by atoms with Gasteiger partial charge >= 0.3 is 6.09 Å². The molecule has 1 aliphatic rings. The molecular weight excluding hydrogens is 549 g/mol. The molecule has 10 heteroatoms. The zero-order valence-electron chi connectivity index (χ0n) is 23.5. The monoisotopic (exact) mass is 591 g/mol. The van der Waals surface area contributed by atoms with E-state index in [9.17, 15) is 4.79 Å². The molecular formula is C27H44Cl3N3O3Si. The molecule has 0 aliphatic carbocycles. The molecule has 0 aromatic carbocycles. The molecule has 0 bridgehead atoms. The third kappa shape index (κ3) is 7.93. The van der Waals surface area contributed by atoms with Crippen LogP contribution >= 0.6 is 34.8 Å². The zero-order chi connectivity index (χ0) is 28.0. The standard InChI is InChI=1S/C27H44Cl3N3O3Si/c1-9-10-11-14-23-17-24(36-37(19(2)3,20(4)5)21(6)7)22(8)32(26(34)35-18-27(28,29)30)33(23)25-15-12-13-16-31-25/h12-13,15-17,19-23H,9-11,14,18H2,1-8H3/t22-,23+/m0/s1. The molecule has 1 aliphatic heterocycles. The Labute approximate surface area is 239 Å². The smallest absolute Gasteiger partial charge is 0.429 e. The Morgan fingerprint density at radius 2 is 1.70 bits per heavy atom. The molecule has 2 rings (SSSR count). The van der Waals surface area contributed by atoms with Crippen molar-refractivity contribution in [2.45, 2.75) is 114 Å². The van der Waals surface area contributed by atoms with Gasteiger partial charge in [0.25, 0.3) is 8.32 Å². The van der Waals surface area contributed by atoms with Gasteiger partial charge < -0.3 is 9.16 Å². The molecule has 2 atom stereocenters. The zero-order valence-corrected chi connectivity index (χ0v) is 26.8. The SMILES string of the molecule is CCCCC[C@@H]1C=C(O[Si](C(C)C)(C(C)C)C(C)C)[C@H](C)N(C(=O)OCC(Cl)(Cl)Cl)N1c1ccccn1. The van der Waals surface area contributed by atoms with E-state index in [-0.39, 0.29) is 12.6 Å². The summed E-state index contributed by atoms with van der Waals surface area (Å²) in [5.74, 6) is 1.46. The molecule has 0 unspecified atom stereocenters. The van der Waals surface area contributed by atoms with Gasteiger partial charge in [-0.3, -0.25) is 5.01 Å². The lowest BCUT2D eigenvalue weighted by Crippen LogP contribution is -2.61. The molecule has 0 N–H and O–H groups in total. The summed E-state index contributed by atoms with van der Waals surface area (Å²) in [4.78, 5) is 18.2. The lowest BCUT2D eigenvalue weighted by molar-refractivity contribution is 0.0727. The van der Waals surface area contributed by atoms with Crippen LogP contribution in [0.4, 0.5) is 10.6 Å². The van der Waals surface area contributed by atoms with Crippen LogP contribution in [0.5, 0.6) is 0 Å². The molecule has 2 heterocycles. The number of halogens is 3. The second-order valence-electron chi connectivity index (χ2n) is 10.8. The number of rotatable bonds is 11. The predicted octanol–water partition coefficient (Wildman–Crippen LogP) is 9.04. The third-order valence-corrected chi connectivity index (χ3v) is 13.5. The van der Waals surface area contributed by atoms with Gasteiger partial charge in [0.2, 0.25) is 3.79 Å². The number of hydrogen-bond acceptors (Lipinski definition) is 5. The minimum Gasteiger partial charge on any atom is -0.544 e. The van der Waals surface area contributed by atoms with Crippen LogP contribution in [0.2, 0.25) is 16.6 Å². The molecule has 0 saturated heterocycles. The second-order valence-corrected chi connectivity index (χ2v) is 18.7. The highest BCUT2D eigenvalue weighted by Gasteiger charge is 2.50. The van der Waals surface area contributed by atoms with Crippen molar-refractivity contribution in [1.29, 1.82) is 0 Å². The number of hydrazine groups is 1. The summed E-state index contributed by atoms with van der Waals surface area (Å²) >= 11 is 17.8. The normalized spacial score (nSPS) is 19.0. The van der Waals surface area contributed by atoms with E-state index in [1.165, 1.54) is 0 Å². The van der Waals surface area contributed by atoms with Gasteiger partial charge in [-0.05, 0) is 48.2 Å². The Bertz CT molecular complexity index is 872. The van der Waals surface area contributed by atoms with Crippen LogP contribution < -0.4 is 5.01 Å². The van der Waals surface area contributed by atoms with Gasteiger partial charge in [0, 0.05) is 6.20 Å². The Balaban J connectivity index is 2.63. The summed E-state index contributed by atoms with van der Waals surface area (Å²) in [6.45, 7) is 17.3. The molecule has 1 aromatic heterocycles. The van der Waals surface area contributed by atoms with Crippen LogP contribution in [0, 0.1) is 0 Å². The highest BCUT2D eigenvalue weighted by molar-refractivity contribution is 6.77.